The van der Waals surface area contributed by atoms with Gasteiger partial charge >= 0.3 is 0 Å². The van der Waals surface area contributed by atoms with Gasteiger partial charge in [0.1, 0.15) is 11.5 Å². The molecule has 2 aromatic heterocycles. The molecule has 4 aromatic rings. The Morgan fingerprint density at radius 3 is 2.66 bits per heavy atom. The molecule has 0 bridgehead atoms. The SMILES string of the molecule is COc1cccc2cc(-c3csc(NC(=O)C4CCN(S(=O)(=O)c5ccc(F)cc5)CC4)n3)oc12. The van der Waals surface area contributed by atoms with Crippen LogP contribution in [0.15, 0.2) is 63.2 Å². The summed E-state index contributed by atoms with van der Waals surface area (Å²) >= 11 is 1.29. The zero-order valence-electron chi connectivity index (χ0n) is 18.7. The first-order valence-corrected chi connectivity index (χ1v) is 13.3. The molecule has 182 valence electrons. The topological polar surface area (TPSA) is 102 Å². The van der Waals surface area contributed by atoms with Crippen LogP contribution in [-0.2, 0) is 14.8 Å². The van der Waals surface area contributed by atoms with Crippen LogP contribution in [0.3, 0.4) is 0 Å². The quantitative estimate of drug-likeness (QED) is 0.398. The lowest BCUT2D eigenvalue weighted by Crippen LogP contribution is -2.41. The third-order valence-electron chi connectivity index (χ3n) is 5.99. The smallest absolute Gasteiger partial charge is 0.243 e. The molecule has 1 N–H and O–H groups in total. The second-order valence-corrected chi connectivity index (χ2v) is 10.9. The second kappa shape index (κ2) is 9.40. The molecule has 1 saturated heterocycles. The highest BCUT2D eigenvalue weighted by Gasteiger charge is 2.32. The number of benzene rings is 2. The van der Waals surface area contributed by atoms with Crippen molar-refractivity contribution >= 4 is 43.4 Å². The van der Waals surface area contributed by atoms with Crippen molar-refractivity contribution in [3.8, 4) is 17.2 Å². The minimum absolute atomic E-state index is 0.0420. The number of nitrogens with one attached hydrogen (secondary N) is 1. The number of piperidine rings is 1. The first-order valence-electron chi connectivity index (χ1n) is 10.9. The molecule has 1 amide bonds. The van der Waals surface area contributed by atoms with Crippen molar-refractivity contribution in [1.29, 1.82) is 0 Å². The summed E-state index contributed by atoms with van der Waals surface area (Å²) in [5.41, 5.74) is 1.23. The van der Waals surface area contributed by atoms with Crippen LogP contribution < -0.4 is 10.1 Å². The van der Waals surface area contributed by atoms with Crippen LogP contribution in [0.4, 0.5) is 9.52 Å². The molecule has 3 heterocycles. The van der Waals surface area contributed by atoms with Crippen molar-refractivity contribution in [3.05, 3.63) is 59.7 Å². The molecule has 0 atom stereocenters. The summed E-state index contributed by atoms with van der Waals surface area (Å²) < 4.78 is 51.3. The third kappa shape index (κ3) is 4.66. The number of rotatable bonds is 6. The fourth-order valence-corrected chi connectivity index (χ4v) is 6.26. The number of ether oxygens (including phenoxy) is 1. The lowest BCUT2D eigenvalue weighted by molar-refractivity contribution is -0.120. The van der Waals surface area contributed by atoms with E-state index < -0.39 is 15.8 Å². The molecule has 5 rings (SSSR count). The van der Waals surface area contributed by atoms with Crippen molar-refractivity contribution in [2.24, 2.45) is 5.92 Å². The maximum Gasteiger partial charge on any atom is 0.243 e. The molecule has 0 saturated carbocycles. The van der Waals surface area contributed by atoms with Gasteiger partial charge in [0.2, 0.25) is 15.9 Å². The number of aromatic nitrogens is 1. The van der Waals surface area contributed by atoms with Gasteiger partial charge in [-0.2, -0.15) is 4.31 Å². The van der Waals surface area contributed by atoms with E-state index >= 15 is 0 Å². The summed E-state index contributed by atoms with van der Waals surface area (Å²) in [6, 6.07) is 12.2. The van der Waals surface area contributed by atoms with Gasteiger partial charge in [-0.3, -0.25) is 4.79 Å². The third-order valence-corrected chi connectivity index (χ3v) is 8.66. The molecule has 11 heteroatoms. The normalized spacial score (nSPS) is 15.4. The number of methoxy groups -OCH3 is 1. The molecule has 0 radical (unpaired) electrons. The Morgan fingerprint density at radius 1 is 1.20 bits per heavy atom. The number of anilines is 1. The summed E-state index contributed by atoms with van der Waals surface area (Å²) in [7, 11) is -2.15. The highest BCUT2D eigenvalue weighted by molar-refractivity contribution is 7.89. The fourth-order valence-electron chi connectivity index (χ4n) is 4.09. The van der Waals surface area contributed by atoms with Crippen molar-refractivity contribution in [2.45, 2.75) is 17.7 Å². The van der Waals surface area contributed by atoms with Gasteiger partial charge in [0.05, 0.1) is 12.0 Å². The average Bonchev–Trinajstić information content (AvgIpc) is 3.51. The Balaban J connectivity index is 1.22. The molecule has 1 aliphatic heterocycles. The number of thiazole rings is 1. The lowest BCUT2D eigenvalue weighted by Gasteiger charge is -2.30. The van der Waals surface area contributed by atoms with Crippen molar-refractivity contribution in [2.75, 3.05) is 25.5 Å². The van der Waals surface area contributed by atoms with E-state index in [1.165, 1.54) is 27.8 Å². The zero-order chi connectivity index (χ0) is 24.6. The molecule has 2 aromatic carbocycles. The monoisotopic (exact) mass is 515 g/mol. The van der Waals surface area contributed by atoms with Crippen LogP contribution in [0.5, 0.6) is 5.75 Å². The van der Waals surface area contributed by atoms with E-state index in [-0.39, 0.29) is 29.8 Å². The number of para-hydroxylation sites is 1. The number of furan rings is 1. The fraction of sp³-hybridized carbons (Fsp3) is 0.250. The molecule has 8 nitrogen and oxygen atoms in total. The maximum absolute atomic E-state index is 13.1. The predicted octanol–water partition coefficient (Wildman–Crippen LogP) is 4.74. The standard InChI is InChI=1S/C24H22FN3O5S2/c1-32-20-4-2-3-16-13-21(33-22(16)20)19-14-34-24(26-19)27-23(29)15-9-11-28(12-10-15)35(30,31)18-7-5-17(25)6-8-18/h2-8,13-15H,9-12H2,1H3,(H,26,27,29). The van der Waals surface area contributed by atoms with Crippen molar-refractivity contribution < 1.29 is 26.8 Å². The van der Waals surface area contributed by atoms with Gasteiger partial charge in [0.25, 0.3) is 0 Å². The molecule has 0 spiro atoms. The van der Waals surface area contributed by atoms with E-state index in [0.29, 0.717) is 40.8 Å². The Morgan fingerprint density at radius 2 is 1.94 bits per heavy atom. The minimum atomic E-state index is -3.73. The number of hydrogen-bond acceptors (Lipinski definition) is 7. The van der Waals surface area contributed by atoms with E-state index in [0.717, 1.165) is 17.5 Å². The summed E-state index contributed by atoms with van der Waals surface area (Å²) in [4.78, 5) is 17.3. The van der Waals surface area contributed by atoms with E-state index in [9.17, 15) is 17.6 Å². The van der Waals surface area contributed by atoms with Gasteiger partial charge in [-0.25, -0.2) is 17.8 Å². The number of hydrogen-bond donors (Lipinski definition) is 1. The van der Waals surface area contributed by atoms with E-state index in [4.69, 9.17) is 9.15 Å². The highest BCUT2D eigenvalue weighted by Crippen LogP contribution is 2.34. The van der Waals surface area contributed by atoms with Crippen molar-refractivity contribution in [3.63, 3.8) is 0 Å². The molecule has 0 unspecified atom stereocenters. The molecule has 1 fully saturated rings. The van der Waals surface area contributed by atoms with Crippen LogP contribution in [0.1, 0.15) is 12.8 Å². The number of carbonyl (C=O) groups excluding carboxylic acids is 1. The van der Waals surface area contributed by atoms with Crippen molar-refractivity contribution in [1.82, 2.24) is 9.29 Å². The summed E-state index contributed by atoms with van der Waals surface area (Å²) in [6.45, 7) is 0.420. The van der Waals surface area contributed by atoms with Gasteiger partial charge in [0, 0.05) is 29.8 Å². The second-order valence-electron chi connectivity index (χ2n) is 8.15. The number of nitrogens with zero attached hydrogens (tertiary/aromatic N) is 2. The van der Waals surface area contributed by atoms with Crippen LogP contribution in [0.25, 0.3) is 22.4 Å². The van der Waals surface area contributed by atoms with Crippen LogP contribution in [0.2, 0.25) is 0 Å². The Labute approximate surface area is 205 Å². The first kappa shape index (κ1) is 23.5. The Hall–Kier alpha value is -3.28. The molecular weight excluding hydrogens is 493 g/mol. The Bertz CT molecular complexity index is 1470. The molecule has 0 aliphatic carbocycles. The summed E-state index contributed by atoms with van der Waals surface area (Å²) in [6.07, 6.45) is 0.766. The van der Waals surface area contributed by atoms with Gasteiger partial charge in [0.15, 0.2) is 22.2 Å². The Kier molecular flexibility index (Phi) is 6.30. The number of sulfonamides is 1. The van der Waals surface area contributed by atoms with Gasteiger partial charge in [-0.15, -0.1) is 11.3 Å². The summed E-state index contributed by atoms with van der Waals surface area (Å²) in [5, 5.41) is 5.98. The largest absolute Gasteiger partial charge is 0.493 e. The lowest BCUT2D eigenvalue weighted by atomic mass is 9.97. The zero-order valence-corrected chi connectivity index (χ0v) is 20.4. The van der Waals surface area contributed by atoms with Gasteiger partial charge < -0.3 is 14.5 Å². The van der Waals surface area contributed by atoms with Crippen LogP contribution in [-0.4, -0.2) is 43.8 Å². The van der Waals surface area contributed by atoms with Gasteiger partial charge in [-0.05, 0) is 49.2 Å². The predicted molar refractivity (Wildman–Crippen MR) is 130 cm³/mol. The van der Waals surface area contributed by atoms with E-state index in [1.807, 2.05) is 24.3 Å². The molecular formula is C24H22FN3O5S2. The van der Waals surface area contributed by atoms with Crippen LogP contribution >= 0.6 is 11.3 Å². The van der Waals surface area contributed by atoms with E-state index in [1.54, 1.807) is 12.5 Å². The number of halogens is 1. The maximum atomic E-state index is 13.1. The minimum Gasteiger partial charge on any atom is -0.493 e. The van der Waals surface area contributed by atoms with E-state index in [2.05, 4.69) is 10.3 Å². The van der Waals surface area contributed by atoms with Crippen LogP contribution in [0, 0.1) is 11.7 Å². The molecule has 35 heavy (non-hydrogen) atoms. The molecule has 1 aliphatic rings. The first-order chi connectivity index (χ1) is 16.8. The highest BCUT2D eigenvalue weighted by atomic mass is 32.2. The number of carbonyl (C=O) groups is 1. The summed E-state index contributed by atoms with van der Waals surface area (Å²) in [5.74, 6) is 0.170. The average molecular weight is 516 g/mol. The van der Waals surface area contributed by atoms with Gasteiger partial charge in [-0.1, -0.05) is 12.1 Å². The number of fused-ring (bicyclic) bond motifs is 1. The number of amides is 1.